The molecule has 1 saturated carbocycles. The number of halogens is 1. The van der Waals surface area contributed by atoms with Crippen molar-refractivity contribution in [1.29, 1.82) is 0 Å². The minimum atomic E-state index is 0.391. The molecule has 0 radical (unpaired) electrons. The van der Waals surface area contributed by atoms with E-state index in [-0.39, 0.29) is 0 Å². The van der Waals surface area contributed by atoms with Gasteiger partial charge in [0, 0.05) is 17.0 Å². The van der Waals surface area contributed by atoms with Crippen LogP contribution in [0.1, 0.15) is 43.0 Å². The van der Waals surface area contributed by atoms with E-state index in [0.717, 1.165) is 17.3 Å². The normalized spacial score (nSPS) is 16.4. The van der Waals surface area contributed by atoms with Crippen LogP contribution in [0.5, 0.6) is 0 Å². The maximum Gasteiger partial charge on any atom is 0.230 e. The highest BCUT2D eigenvalue weighted by atomic mass is 35.5. The Kier molecular flexibility index (Phi) is 4.27. The monoisotopic (exact) mass is 305 g/mol. The van der Waals surface area contributed by atoms with Crippen molar-refractivity contribution in [3.8, 4) is 0 Å². The van der Waals surface area contributed by atoms with Crippen molar-refractivity contribution in [3.05, 3.63) is 46.6 Å². The summed E-state index contributed by atoms with van der Waals surface area (Å²) in [6.07, 6.45) is 3.34. The predicted octanol–water partition coefficient (Wildman–Crippen LogP) is 3.66. The second kappa shape index (κ2) is 6.16. The molecule has 0 N–H and O–H groups in total. The molecule has 1 atom stereocenters. The minimum absolute atomic E-state index is 0.391. The van der Waals surface area contributed by atoms with Crippen LogP contribution in [0.25, 0.3) is 0 Å². The number of hydrogen-bond acceptors (Lipinski definition) is 4. The van der Waals surface area contributed by atoms with Crippen molar-refractivity contribution in [2.75, 3.05) is 7.05 Å². The fourth-order valence-electron chi connectivity index (χ4n) is 2.31. The Morgan fingerprint density at radius 2 is 2.00 bits per heavy atom. The van der Waals surface area contributed by atoms with Crippen LogP contribution in [-0.4, -0.2) is 28.2 Å². The lowest BCUT2D eigenvalue weighted by molar-refractivity contribution is 0.222. The highest BCUT2D eigenvalue weighted by Crippen LogP contribution is 2.39. The summed E-state index contributed by atoms with van der Waals surface area (Å²) in [7, 11) is 2.08. The molecule has 1 aromatic carbocycles. The van der Waals surface area contributed by atoms with Crippen molar-refractivity contribution >= 4 is 11.6 Å². The van der Waals surface area contributed by atoms with E-state index in [9.17, 15) is 0 Å². The Morgan fingerprint density at radius 3 is 2.67 bits per heavy atom. The minimum Gasteiger partial charge on any atom is -0.424 e. The molecule has 0 saturated heterocycles. The van der Waals surface area contributed by atoms with E-state index in [4.69, 9.17) is 16.0 Å². The second-order valence-corrected chi connectivity index (χ2v) is 6.34. The van der Waals surface area contributed by atoms with Crippen LogP contribution >= 0.6 is 11.6 Å². The molecule has 0 amide bonds. The van der Waals surface area contributed by atoms with Gasteiger partial charge in [0.15, 0.2) is 0 Å². The Hall–Kier alpha value is -1.39. The summed E-state index contributed by atoms with van der Waals surface area (Å²) in [4.78, 5) is 2.23. The van der Waals surface area contributed by atoms with Crippen molar-refractivity contribution in [1.82, 2.24) is 15.1 Å². The second-order valence-electron chi connectivity index (χ2n) is 5.90. The zero-order chi connectivity index (χ0) is 14.8. The van der Waals surface area contributed by atoms with Crippen molar-refractivity contribution in [3.63, 3.8) is 0 Å². The third-order valence-electron chi connectivity index (χ3n) is 3.99. The van der Waals surface area contributed by atoms with Crippen LogP contribution in [0.3, 0.4) is 0 Å². The molecule has 21 heavy (non-hydrogen) atoms. The van der Waals surface area contributed by atoms with Crippen LogP contribution < -0.4 is 0 Å². The molecule has 0 unspecified atom stereocenters. The lowest BCUT2D eigenvalue weighted by atomic mass is 10.1. The van der Waals surface area contributed by atoms with Crippen LogP contribution in [-0.2, 0) is 13.0 Å². The average Bonchev–Trinajstić information content (AvgIpc) is 3.22. The first-order valence-corrected chi connectivity index (χ1v) is 7.76. The third kappa shape index (κ3) is 3.83. The lowest BCUT2D eigenvalue weighted by Crippen LogP contribution is -2.30. The molecule has 1 heterocycles. The Morgan fingerprint density at radius 1 is 1.29 bits per heavy atom. The molecular formula is C16H20ClN3O. The lowest BCUT2D eigenvalue weighted by Gasteiger charge is -2.23. The van der Waals surface area contributed by atoms with Gasteiger partial charge in [-0.3, -0.25) is 4.90 Å². The number of rotatable bonds is 6. The van der Waals surface area contributed by atoms with Crippen molar-refractivity contribution in [2.45, 2.75) is 44.7 Å². The van der Waals surface area contributed by atoms with Gasteiger partial charge in [0.1, 0.15) is 0 Å². The van der Waals surface area contributed by atoms with E-state index in [1.54, 1.807) is 0 Å². The van der Waals surface area contributed by atoms with Gasteiger partial charge >= 0.3 is 0 Å². The van der Waals surface area contributed by atoms with E-state index in [1.807, 2.05) is 12.1 Å². The Labute approximate surface area is 130 Å². The zero-order valence-corrected chi connectivity index (χ0v) is 13.2. The van der Waals surface area contributed by atoms with E-state index in [1.165, 1.54) is 18.4 Å². The van der Waals surface area contributed by atoms with E-state index in [0.29, 0.717) is 24.4 Å². The first kappa shape index (κ1) is 14.5. The summed E-state index contributed by atoms with van der Waals surface area (Å²) in [5, 5.41) is 9.05. The van der Waals surface area contributed by atoms with Crippen LogP contribution in [0, 0.1) is 0 Å². The van der Waals surface area contributed by atoms with Crippen molar-refractivity contribution < 1.29 is 4.42 Å². The van der Waals surface area contributed by atoms with Gasteiger partial charge in [-0.1, -0.05) is 23.7 Å². The van der Waals surface area contributed by atoms with Gasteiger partial charge in [-0.15, -0.1) is 10.2 Å². The summed E-state index contributed by atoms with van der Waals surface area (Å²) in [5.41, 5.74) is 1.28. The first-order valence-electron chi connectivity index (χ1n) is 7.39. The maximum absolute atomic E-state index is 5.91. The molecule has 0 bridgehead atoms. The van der Waals surface area contributed by atoms with Gasteiger partial charge in [0.25, 0.3) is 0 Å². The number of aromatic nitrogens is 2. The molecule has 1 fully saturated rings. The van der Waals surface area contributed by atoms with Crippen LogP contribution in [0.15, 0.2) is 28.7 Å². The molecular weight excluding hydrogens is 286 g/mol. The number of hydrogen-bond donors (Lipinski definition) is 0. The Bertz CT molecular complexity index is 592. The Balaban J connectivity index is 1.55. The van der Waals surface area contributed by atoms with Crippen LogP contribution in [0.2, 0.25) is 5.02 Å². The number of benzene rings is 1. The molecule has 2 aromatic rings. The van der Waals surface area contributed by atoms with Gasteiger partial charge in [0.05, 0.1) is 6.54 Å². The highest BCUT2D eigenvalue weighted by Gasteiger charge is 2.29. The van der Waals surface area contributed by atoms with Gasteiger partial charge < -0.3 is 4.42 Å². The molecule has 112 valence electrons. The predicted molar refractivity (Wildman–Crippen MR) is 82.4 cm³/mol. The van der Waals surface area contributed by atoms with E-state index >= 15 is 0 Å². The zero-order valence-electron chi connectivity index (χ0n) is 12.4. The van der Waals surface area contributed by atoms with Crippen LogP contribution in [0.4, 0.5) is 0 Å². The first-order chi connectivity index (χ1) is 10.1. The summed E-state index contributed by atoms with van der Waals surface area (Å²) >= 11 is 5.91. The van der Waals surface area contributed by atoms with E-state index < -0.39 is 0 Å². The smallest absolute Gasteiger partial charge is 0.230 e. The van der Waals surface area contributed by atoms with Gasteiger partial charge in [-0.25, -0.2) is 0 Å². The third-order valence-corrected chi connectivity index (χ3v) is 4.24. The maximum atomic E-state index is 5.91. The number of likely N-dealkylation sites (N-methyl/N-ethyl adjacent to an activating group) is 1. The molecule has 1 aliphatic carbocycles. The fourth-order valence-corrected chi connectivity index (χ4v) is 2.44. The molecule has 1 aliphatic rings. The largest absolute Gasteiger partial charge is 0.424 e. The highest BCUT2D eigenvalue weighted by molar-refractivity contribution is 6.30. The standard InChI is InChI=1S/C16H20ClN3O/c1-11(9-12-3-7-14(17)8-4-12)20(2)10-15-18-19-16(21-15)13-5-6-13/h3-4,7-8,11,13H,5-6,9-10H2,1-2H3/t11-/m1/s1. The molecule has 4 nitrogen and oxygen atoms in total. The molecule has 5 heteroatoms. The summed E-state index contributed by atoms with van der Waals surface area (Å²) < 4.78 is 5.71. The molecule has 0 spiro atoms. The fraction of sp³-hybridized carbons (Fsp3) is 0.500. The summed E-state index contributed by atoms with van der Waals surface area (Å²) in [5.74, 6) is 2.04. The number of nitrogens with zero attached hydrogens (tertiary/aromatic N) is 3. The topological polar surface area (TPSA) is 42.2 Å². The van der Waals surface area contributed by atoms with Crippen molar-refractivity contribution in [2.24, 2.45) is 0 Å². The average molecular weight is 306 g/mol. The van der Waals surface area contributed by atoms with Gasteiger partial charge in [-0.05, 0) is 50.9 Å². The summed E-state index contributed by atoms with van der Waals surface area (Å²) in [6, 6.07) is 8.41. The molecule has 1 aromatic heterocycles. The van der Waals surface area contributed by atoms with Gasteiger partial charge in [0.2, 0.25) is 11.8 Å². The molecule has 0 aliphatic heterocycles. The molecule has 3 rings (SSSR count). The van der Waals surface area contributed by atoms with E-state index in [2.05, 4.69) is 41.2 Å². The summed E-state index contributed by atoms with van der Waals surface area (Å²) in [6.45, 7) is 2.89. The SMILES string of the molecule is C[C@H](Cc1ccc(Cl)cc1)N(C)Cc1nnc(C2CC2)o1. The van der Waals surface area contributed by atoms with Gasteiger partial charge in [-0.2, -0.15) is 0 Å². The quantitative estimate of drug-likeness (QED) is 0.816.